The van der Waals surface area contributed by atoms with Gasteiger partial charge < -0.3 is 14.8 Å². The zero-order valence-electron chi connectivity index (χ0n) is 13.2. The second-order valence-corrected chi connectivity index (χ2v) is 5.84. The van der Waals surface area contributed by atoms with Gasteiger partial charge in [-0.2, -0.15) is 0 Å². The maximum atomic E-state index is 12.0. The molecule has 1 N–H and O–H groups in total. The van der Waals surface area contributed by atoms with Crippen molar-refractivity contribution in [2.45, 2.75) is 39.7 Å². The number of carbonyl (C=O) groups is 1. The van der Waals surface area contributed by atoms with Crippen LogP contribution in [0.15, 0.2) is 18.2 Å². The molecule has 4 heteroatoms. The number of rotatable bonds is 6. The van der Waals surface area contributed by atoms with E-state index in [1.165, 1.54) is 0 Å². The number of methoxy groups -OCH3 is 2. The monoisotopic (exact) mass is 279 g/mol. The molecule has 0 radical (unpaired) electrons. The van der Waals surface area contributed by atoms with E-state index < -0.39 is 5.54 Å². The van der Waals surface area contributed by atoms with Crippen LogP contribution in [0.1, 0.15) is 39.7 Å². The molecule has 1 amide bonds. The minimum absolute atomic E-state index is 0.0554. The average Bonchev–Trinajstić information content (AvgIpc) is 2.36. The molecule has 1 aromatic carbocycles. The number of hydrogen-bond donors (Lipinski definition) is 1. The van der Waals surface area contributed by atoms with Crippen molar-refractivity contribution >= 4 is 5.91 Å². The average molecular weight is 279 g/mol. The largest absolute Gasteiger partial charge is 0.493 e. The van der Waals surface area contributed by atoms with E-state index in [1.807, 2.05) is 45.9 Å². The first kappa shape index (κ1) is 16.3. The predicted molar refractivity (Wildman–Crippen MR) is 80.2 cm³/mol. The third-order valence-electron chi connectivity index (χ3n) is 3.15. The lowest BCUT2D eigenvalue weighted by atomic mass is 9.93. The van der Waals surface area contributed by atoms with Crippen molar-refractivity contribution in [2.24, 2.45) is 5.92 Å². The van der Waals surface area contributed by atoms with E-state index >= 15 is 0 Å². The Bertz CT molecular complexity index is 467. The molecule has 1 aromatic rings. The Morgan fingerprint density at radius 1 is 1.20 bits per heavy atom. The van der Waals surface area contributed by atoms with Crippen LogP contribution in [-0.4, -0.2) is 20.1 Å². The van der Waals surface area contributed by atoms with Gasteiger partial charge >= 0.3 is 0 Å². The molecule has 0 aliphatic rings. The van der Waals surface area contributed by atoms with Crippen LogP contribution in [0.4, 0.5) is 0 Å². The van der Waals surface area contributed by atoms with Crippen LogP contribution in [0.25, 0.3) is 0 Å². The Labute approximate surface area is 121 Å². The van der Waals surface area contributed by atoms with Crippen LogP contribution < -0.4 is 14.8 Å². The van der Waals surface area contributed by atoms with Gasteiger partial charge in [-0.15, -0.1) is 0 Å². The summed E-state index contributed by atoms with van der Waals surface area (Å²) in [6.45, 7) is 8.02. The van der Waals surface area contributed by atoms with E-state index in [-0.39, 0.29) is 5.91 Å². The van der Waals surface area contributed by atoms with Crippen LogP contribution in [0.5, 0.6) is 11.5 Å². The zero-order valence-corrected chi connectivity index (χ0v) is 13.2. The first-order valence-corrected chi connectivity index (χ1v) is 6.83. The van der Waals surface area contributed by atoms with Gasteiger partial charge in [0, 0.05) is 6.42 Å². The van der Waals surface area contributed by atoms with Gasteiger partial charge in [0.15, 0.2) is 11.5 Å². The van der Waals surface area contributed by atoms with Crippen LogP contribution in [0, 0.1) is 5.92 Å². The van der Waals surface area contributed by atoms with Crippen molar-refractivity contribution < 1.29 is 14.3 Å². The number of carbonyl (C=O) groups excluding carboxylic acids is 1. The maximum Gasteiger partial charge on any atom is 0.220 e. The summed E-state index contributed by atoms with van der Waals surface area (Å²) in [7, 11) is 3.21. The van der Waals surface area contributed by atoms with E-state index in [1.54, 1.807) is 14.2 Å². The van der Waals surface area contributed by atoms with Crippen molar-refractivity contribution in [3.63, 3.8) is 0 Å². The van der Waals surface area contributed by atoms with Crippen LogP contribution in [0.2, 0.25) is 0 Å². The molecular formula is C16H25NO3. The lowest BCUT2D eigenvalue weighted by Gasteiger charge is -2.28. The Morgan fingerprint density at radius 3 is 2.30 bits per heavy atom. The molecule has 1 rings (SSSR count). The predicted octanol–water partition coefficient (Wildman–Crippen LogP) is 3.10. The number of nitrogens with one attached hydrogen (secondary N) is 1. The fraction of sp³-hybridized carbons (Fsp3) is 0.562. The molecule has 0 aromatic heterocycles. The molecule has 20 heavy (non-hydrogen) atoms. The normalized spacial score (nSPS) is 11.3. The molecule has 0 heterocycles. The Balaban J connectivity index is 2.94. The van der Waals surface area contributed by atoms with Crippen molar-refractivity contribution in [2.75, 3.05) is 14.2 Å². The van der Waals surface area contributed by atoms with Gasteiger partial charge in [-0.3, -0.25) is 4.79 Å². The van der Waals surface area contributed by atoms with Gasteiger partial charge in [-0.25, -0.2) is 0 Å². The third-order valence-corrected chi connectivity index (χ3v) is 3.15. The van der Waals surface area contributed by atoms with Gasteiger partial charge in [-0.05, 0) is 37.5 Å². The molecule has 0 saturated heterocycles. The van der Waals surface area contributed by atoms with E-state index in [2.05, 4.69) is 5.32 Å². The highest BCUT2D eigenvalue weighted by molar-refractivity contribution is 5.77. The molecule has 0 atom stereocenters. The van der Waals surface area contributed by atoms with Crippen molar-refractivity contribution in [3.8, 4) is 11.5 Å². The Hall–Kier alpha value is -1.71. The topological polar surface area (TPSA) is 47.6 Å². The molecule has 112 valence electrons. The van der Waals surface area contributed by atoms with E-state index in [0.717, 1.165) is 5.56 Å². The lowest BCUT2D eigenvalue weighted by molar-refractivity contribution is -0.123. The minimum Gasteiger partial charge on any atom is -0.493 e. The fourth-order valence-electron chi connectivity index (χ4n) is 2.07. The molecule has 0 aliphatic carbocycles. The number of benzene rings is 1. The number of hydrogen-bond acceptors (Lipinski definition) is 3. The second kappa shape index (κ2) is 6.64. The number of ether oxygens (including phenoxy) is 2. The summed E-state index contributed by atoms with van der Waals surface area (Å²) in [6, 6.07) is 5.69. The Morgan fingerprint density at radius 2 is 1.80 bits per heavy atom. The highest BCUT2D eigenvalue weighted by atomic mass is 16.5. The maximum absolute atomic E-state index is 12.0. The summed E-state index contributed by atoms with van der Waals surface area (Å²) in [5.74, 6) is 1.74. The molecule has 0 fully saturated rings. The first-order valence-electron chi connectivity index (χ1n) is 6.83. The highest BCUT2D eigenvalue weighted by Gasteiger charge is 2.24. The molecular weight excluding hydrogens is 254 g/mol. The van der Waals surface area contributed by atoms with E-state index in [0.29, 0.717) is 23.8 Å². The van der Waals surface area contributed by atoms with Gasteiger partial charge in [0.2, 0.25) is 5.91 Å². The fourth-order valence-corrected chi connectivity index (χ4v) is 2.07. The summed E-state index contributed by atoms with van der Waals surface area (Å²) in [5.41, 5.74) is 0.526. The zero-order chi connectivity index (χ0) is 15.3. The van der Waals surface area contributed by atoms with Gasteiger partial charge in [0.25, 0.3) is 0 Å². The smallest absolute Gasteiger partial charge is 0.220 e. The molecule has 0 unspecified atom stereocenters. The van der Waals surface area contributed by atoms with Crippen molar-refractivity contribution in [1.29, 1.82) is 0 Å². The summed E-state index contributed by atoms with van der Waals surface area (Å²) in [6.07, 6.45) is 0.525. The van der Waals surface area contributed by atoms with Crippen LogP contribution in [-0.2, 0) is 10.3 Å². The van der Waals surface area contributed by atoms with E-state index in [9.17, 15) is 4.79 Å². The summed E-state index contributed by atoms with van der Waals surface area (Å²) in [5, 5.41) is 3.06. The van der Waals surface area contributed by atoms with Crippen LogP contribution >= 0.6 is 0 Å². The van der Waals surface area contributed by atoms with Crippen LogP contribution in [0.3, 0.4) is 0 Å². The Kier molecular flexibility index (Phi) is 5.43. The quantitative estimate of drug-likeness (QED) is 0.870. The third kappa shape index (κ3) is 4.15. The molecule has 0 aliphatic heterocycles. The van der Waals surface area contributed by atoms with Gasteiger partial charge in [0.1, 0.15) is 0 Å². The van der Waals surface area contributed by atoms with Crippen molar-refractivity contribution in [3.05, 3.63) is 23.8 Å². The SMILES string of the molecule is COc1ccc(C(C)(C)NC(=O)CC(C)C)cc1OC. The summed E-state index contributed by atoms with van der Waals surface area (Å²) in [4.78, 5) is 12.0. The molecule has 0 bridgehead atoms. The number of amides is 1. The molecule has 0 spiro atoms. The molecule has 0 saturated carbocycles. The standard InChI is InChI=1S/C16H25NO3/c1-11(2)9-15(18)17-16(3,4)12-7-8-13(19-5)14(10-12)20-6/h7-8,10-11H,9H2,1-6H3,(H,17,18). The van der Waals surface area contributed by atoms with E-state index in [4.69, 9.17) is 9.47 Å². The van der Waals surface area contributed by atoms with Gasteiger partial charge in [0.05, 0.1) is 19.8 Å². The summed E-state index contributed by atoms with van der Waals surface area (Å²) >= 11 is 0. The highest BCUT2D eigenvalue weighted by Crippen LogP contribution is 2.32. The minimum atomic E-state index is -0.453. The second-order valence-electron chi connectivity index (χ2n) is 5.84. The summed E-state index contributed by atoms with van der Waals surface area (Å²) < 4.78 is 10.5. The first-order chi connectivity index (χ1) is 9.30. The van der Waals surface area contributed by atoms with Crippen molar-refractivity contribution in [1.82, 2.24) is 5.32 Å². The lowest BCUT2D eigenvalue weighted by Crippen LogP contribution is -2.41. The molecule has 4 nitrogen and oxygen atoms in total. The van der Waals surface area contributed by atoms with Gasteiger partial charge in [-0.1, -0.05) is 19.9 Å².